The van der Waals surface area contributed by atoms with E-state index in [1.54, 1.807) is 6.08 Å². The van der Waals surface area contributed by atoms with Crippen molar-refractivity contribution in [1.82, 2.24) is 0 Å². The number of hydrogen-bond donors (Lipinski definition) is 0. The Bertz CT molecular complexity index is 242. The lowest BCUT2D eigenvalue weighted by atomic mass is 9.74. The van der Waals surface area contributed by atoms with Gasteiger partial charge in [-0.2, -0.15) is 0 Å². The second kappa shape index (κ2) is 3.49. The van der Waals surface area contributed by atoms with Crippen molar-refractivity contribution in [3.63, 3.8) is 0 Å². The normalized spacial score (nSPS) is 28.1. The SMILES string of the molecule is C=CCC1C(=O)C=CC1C(C)(C)C. The van der Waals surface area contributed by atoms with Gasteiger partial charge in [-0.3, -0.25) is 4.79 Å². The molecule has 0 aromatic rings. The van der Waals surface area contributed by atoms with Crippen molar-refractivity contribution in [3.05, 3.63) is 24.8 Å². The van der Waals surface area contributed by atoms with Crippen LogP contribution in [-0.4, -0.2) is 5.78 Å². The van der Waals surface area contributed by atoms with E-state index in [2.05, 4.69) is 33.4 Å². The molecule has 0 aromatic heterocycles. The lowest BCUT2D eigenvalue weighted by molar-refractivity contribution is -0.119. The first-order valence-electron chi connectivity index (χ1n) is 4.79. The topological polar surface area (TPSA) is 17.1 Å². The van der Waals surface area contributed by atoms with Gasteiger partial charge in [0.2, 0.25) is 0 Å². The van der Waals surface area contributed by atoms with E-state index in [-0.39, 0.29) is 17.1 Å². The van der Waals surface area contributed by atoms with Crippen LogP contribution >= 0.6 is 0 Å². The highest BCUT2D eigenvalue weighted by atomic mass is 16.1. The second-order valence-electron chi connectivity index (χ2n) is 4.78. The minimum atomic E-state index is 0.137. The molecule has 1 heteroatoms. The summed E-state index contributed by atoms with van der Waals surface area (Å²) in [6.45, 7) is 10.2. The molecular formula is C12H18O. The van der Waals surface area contributed by atoms with Gasteiger partial charge in [0, 0.05) is 5.92 Å². The molecule has 0 aliphatic heterocycles. The standard InChI is InChI=1S/C12H18O/c1-5-6-9-10(12(2,3)4)7-8-11(9)13/h5,7-10H,1,6H2,2-4H3. The highest BCUT2D eigenvalue weighted by molar-refractivity contribution is 5.94. The van der Waals surface area contributed by atoms with Crippen molar-refractivity contribution >= 4 is 5.78 Å². The van der Waals surface area contributed by atoms with Gasteiger partial charge in [-0.05, 0) is 23.8 Å². The van der Waals surface area contributed by atoms with Gasteiger partial charge in [0.1, 0.15) is 0 Å². The summed E-state index contributed by atoms with van der Waals surface area (Å²) in [7, 11) is 0. The fraction of sp³-hybridized carbons (Fsp3) is 0.583. The van der Waals surface area contributed by atoms with Gasteiger partial charge in [0.15, 0.2) is 5.78 Å². The quantitative estimate of drug-likeness (QED) is 0.594. The molecule has 0 N–H and O–H groups in total. The van der Waals surface area contributed by atoms with Crippen LogP contribution < -0.4 is 0 Å². The number of carbonyl (C=O) groups is 1. The molecule has 0 radical (unpaired) electrons. The van der Waals surface area contributed by atoms with Crippen LogP contribution in [0.25, 0.3) is 0 Å². The fourth-order valence-electron chi connectivity index (χ4n) is 1.97. The number of rotatable bonds is 2. The Hall–Kier alpha value is -0.850. The van der Waals surface area contributed by atoms with Gasteiger partial charge < -0.3 is 0 Å². The van der Waals surface area contributed by atoms with E-state index in [0.29, 0.717) is 5.92 Å². The van der Waals surface area contributed by atoms with Crippen molar-refractivity contribution in [1.29, 1.82) is 0 Å². The third-order valence-corrected chi connectivity index (χ3v) is 2.69. The summed E-state index contributed by atoms with van der Waals surface area (Å²) in [6, 6.07) is 0. The van der Waals surface area contributed by atoms with Gasteiger partial charge >= 0.3 is 0 Å². The van der Waals surface area contributed by atoms with Crippen LogP contribution in [0.15, 0.2) is 24.8 Å². The highest BCUT2D eigenvalue weighted by Gasteiger charge is 2.36. The minimum absolute atomic E-state index is 0.137. The van der Waals surface area contributed by atoms with Crippen molar-refractivity contribution in [2.45, 2.75) is 27.2 Å². The molecule has 0 amide bonds. The van der Waals surface area contributed by atoms with E-state index >= 15 is 0 Å². The maximum absolute atomic E-state index is 11.5. The van der Waals surface area contributed by atoms with Gasteiger partial charge in [-0.25, -0.2) is 0 Å². The summed E-state index contributed by atoms with van der Waals surface area (Å²) < 4.78 is 0. The molecular weight excluding hydrogens is 160 g/mol. The maximum atomic E-state index is 11.5. The first-order chi connectivity index (χ1) is 5.96. The van der Waals surface area contributed by atoms with Gasteiger partial charge in [0.05, 0.1) is 0 Å². The average molecular weight is 178 g/mol. The van der Waals surface area contributed by atoms with Crippen LogP contribution in [0, 0.1) is 17.3 Å². The lowest BCUT2D eigenvalue weighted by Gasteiger charge is -2.30. The predicted molar refractivity (Wildman–Crippen MR) is 55.4 cm³/mol. The van der Waals surface area contributed by atoms with Crippen LogP contribution in [0.1, 0.15) is 27.2 Å². The fourth-order valence-corrected chi connectivity index (χ4v) is 1.97. The molecule has 2 atom stereocenters. The Labute approximate surface area is 80.5 Å². The lowest BCUT2D eigenvalue weighted by Crippen LogP contribution is -2.26. The summed E-state index contributed by atoms with van der Waals surface area (Å²) in [6.07, 6.45) is 6.42. The minimum Gasteiger partial charge on any atom is -0.295 e. The van der Waals surface area contributed by atoms with Gasteiger partial charge in [-0.15, -0.1) is 6.58 Å². The van der Waals surface area contributed by atoms with E-state index in [1.165, 1.54) is 0 Å². The molecule has 72 valence electrons. The Morgan fingerprint density at radius 2 is 2.15 bits per heavy atom. The number of carbonyl (C=O) groups excluding carboxylic acids is 1. The van der Waals surface area contributed by atoms with E-state index in [0.717, 1.165) is 6.42 Å². The summed E-state index contributed by atoms with van der Waals surface area (Å²) in [5.41, 5.74) is 0.177. The molecule has 1 rings (SSSR count). The number of allylic oxidation sites excluding steroid dienone is 3. The van der Waals surface area contributed by atoms with E-state index < -0.39 is 0 Å². The van der Waals surface area contributed by atoms with Crippen molar-refractivity contribution in [2.75, 3.05) is 0 Å². The van der Waals surface area contributed by atoms with Gasteiger partial charge in [0.25, 0.3) is 0 Å². The predicted octanol–water partition coefficient (Wildman–Crippen LogP) is 2.98. The molecule has 13 heavy (non-hydrogen) atoms. The molecule has 1 aliphatic carbocycles. The maximum Gasteiger partial charge on any atom is 0.159 e. The zero-order chi connectivity index (χ0) is 10.1. The van der Waals surface area contributed by atoms with E-state index in [9.17, 15) is 4.79 Å². The molecule has 0 saturated heterocycles. The molecule has 0 aromatic carbocycles. The van der Waals surface area contributed by atoms with Crippen molar-refractivity contribution in [2.24, 2.45) is 17.3 Å². The van der Waals surface area contributed by atoms with E-state index in [4.69, 9.17) is 0 Å². The monoisotopic (exact) mass is 178 g/mol. The molecule has 0 fully saturated rings. The highest BCUT2D eigenvalue weighted by Crippen LogP contribution is 2.39. The average Bonchev–Trinajstić information content (AvgIpc) is 2.32. The van der Waals surface area contributed by atoms with Crippen molar-refractivity contribution < 1.29 is 4.79 Å². The molecule has 1 nitrogen and oxygen atoms in total. The van der Waals surface area contributed by atoms with Crippen LogP contribution in [0.3, 0.4) is 0 Å². The Kier molecular flexibility index (Phi) is 2.74. The third-order valence-electron chi connectivity index (χ3n) is 2.69. The Morgan fingerprint density at radius 1 is 1.54 bits per heavy atom. The smallest absolute Gasteiger partial charge is 0.159 e. The van der Waals surface area contributed by atoms with E-state index in [1.807, 2.05) is 6.08 Å². The molecule has 2 unspecified atom stereocenters. The summed E-state index contributed by atoms with van der Waals surface area (Å²) in [5, 5.41) is 0. The van der Waals surface area contributed by atoms with Crippen LogP contribution in [0.5, 0.6) is 0 Å². The molecule has 1 aliphatic rings. The third kappa shape index (κ3) is 2.09. The zero-order valence-corrected chi connectivity index (χ0v) is 8.71. The Morgan fingerprint density at radius 3 is 2.62 bits per heavy atom. The molecule has 0 bridgehead atoms. The Balaban J connectivity index is 2.80. The first kappa shape index (κ1) is 10.2. The van der Waals surface area contributed by atoms with Crippen LogP contribution in [0.4, 0.5) is 0 Å². The second-order valence-corrected chi connectivity index (χ2v) is 4.78. The summed E-state index contributed by atoms with van der Waals surface area (Å²) >= 11 is 0. The zero-order valence-electron chi connectivity index (χ0n) is 8.71. The molecule has 0 spiro atoms. The molecule has 0 saturated carbocycles. The summed E-state index contributed by atoms with van der Waals surface area (Å²) in [5.74, 6) is 0.773. The molecule has 0 heterocycles. The largest absolute Gasteiger partial charge is 0.295 e. The first-order valence-corrected chi connectivity index (χ1v) is 4.79. The number of ketones is 1. The van der Waals surface area contributed by atoms with Crippen LogP contribution in [0.2, 0.25) is 0 Å². The summed E-state index contributed by atoms with van der Waals surface area (Å²) in [4.78, 5) is 11.5. The number of hydrogen-bond acceptors (Lipinski definition) is 1. The van der Waals surface area contributed by atoms with Crippen molar-refractivity contribution in [3.8, 4) is 0 Å². The van der Waals surface area contributed by atoms with Gasteiger partial charge in [-0.1, -0.05) is 32.9 Å². The van der Waals surface area contributed by atoms with Crippen LogP contribution in [-0.2, 0) is 4.79 Å².